The number of aromatic amines is 1. The van der Waals surface area contributed by atoms with Crippen molar-refractivity contribution in [2.75, 3.05) is 14.2 Å². The van der Waals surface area contributed by atoms with E-state index in [1.54, 1.807) is 26.4 Å². The van der Waals surface area contributed by atoms with Gasteiger partial charge in [-0.25, -0.2) is 29.1 Å². The molecular weight excluding hydrogens is 1130 g/mol. The number of nitrogens with two attached hydrogens (primary N) is 1. The van der Waals surface area contributed by atoms with E-state index in [9.17, 15) is 18.0 Å². The SMILES string of the molecule is COc1ccc(Cn2ncc3c4c(cnc32)CC(N)CC4)cc1.COc1ccc(Cn2ncc3c4c(cnc32)CC(NCc2ccccc2)CC4)cc1.O=C(O)C(F)(F)F.O=Cc1ccccc1.c1ccc(CNC2CCc3c(cnc4[nH]ncc34)C2)cc1. The smallest absolute Gasteiger partial charge is 0.490 e. The van der Waals surface area contributed by atoms with Crippen molar-refractivity contribution in [2.45, 2.75) is 108 Å². The van der Waals surface area contributed by atoms with E-state index in [1.807, 2.05) is 82.8 Å². The minimum atomic E-state index is -5.08. The van der Waals surface area contributed by atoms with Crippen LogP contribution in [0.15, 0.2) is 177 Å². The van der Waals surface area contributed by atoms with Gasteiger partial charge >= 0.3 is 12.1 Å². The van der Waals surface area contributed by atoms with Crippen LogP contribution in [-0.2, 0) is 69.5 Å². The molecule has 0 saturated carbocycles. The number of ether oxygens (including phenoxy) is 2. The standard InChI is InChI=1S/C25H26N4O.C18H20N4O.C17H18N4.C7H6O.C2HF3O2/c1-30-22-10-7-19(8-11-22)17-29-25-24(16-28-29)23-12-9-21(13-20(23)15-27-25)26-14-18-5-3-2-4-6-18;1-23-15-5-2-12(3-6-15)11-22-18-17(10-21-22)16-7-4-14(19)8-13(16)9-20-18;1-2-4-12(5-3-1)9-18-14-6-7-15-13(8-14)10-19-17-16(15)11-20-21-17;8-6-7-4-2-1-3-5-7;3-2(4,5)1(6)7/h2-8,10-11,15-16,21,26H,9,12-14,17H2,1H3;2-3,5-6,9-10,14H,4,7-8,11,19H2,1H3;1-5,10-11,14,18H,6-9H2,(H,19,20,21);1-6H;(H,6,7). The lowest BCUT2D eigenvalue weighted by Crippen LogP contribution is -2.34. The van der Waals surface area contributed by atoms with Crippen LogP contribution >= 0.6 is 0 Å². The van der Waals surface area contributed by atoms with Crippen LogP contribution in [0.4, 0.5) is 13.2 Å². The number of rotatable bonds is 13. The molecule has 3 aliphatic carbocycles. The average Bonchev–Trinajstić information content (AvgIpc) is 3.34. The van der Waals surface area contributed by atoms with Gasteiger partial charge in [0.25, 0.3) is 0 Å². The Morgan fingerprint density at radius 1 is 0.584 bits per heavy atom. The lowest BCUT2D eigenvalue weighted by atomic mass is 9.88. The Morgan fingerprint density at radius 3 is 1.45 bits per heavy atom. The van der Waals surface area contributed by atoms with Crippen molar-refractivity contribution in [2.24, 2.45) is 5.73 Å². The van der Waals surface area contributed by atoms with Gasteiger partial charge in [0.2, 0.25) is 0 Å². The van der Waals surface area contributed by atoms with Crippen molar-refractivity contribution in [1.29, 1.82) is 0 Å². The topological polar surface area (TPSA) is 226 Å². The van der Waals surface area contributed by atoms with E-state index >= 15 is 0 Å². The molecule has 11 aromatic rings. The summed E-state index contributed by atoms with van der Waals surface area (Å²) < 4.78 is 46.1. The number of methoxy groups -OCH3 is 2. The number of H-pyrrole nitrogens is 1. The summed E-state index contributed by atoms with van der Waals surface area (Å²) in [5.74, 6) is -1.03. The summed E-state index contributed by atoms with van der Waals surface area (Å²) in [6.45, 7) is 3.26. The number of nitrogens with one attached hydrogen (secondary N) is 3. The second-order valence-corrected chi connectivity index (χ2v) is 22.1. The highest BCUT2D eigenvalue weighted by atomic mass is 19.4. The van der Waals surface area contributed by atoms with E-state index in [1.165, 1.54) is 78.2 Å². The first-order chi connectivity index (χ1) is 43.3. The second-order valence-electron chi connectivity index (χ2n) is 22.1. The Labute approximate surface area is 513 Å². The van der Waals surface area contributed by atoms with E-state index in [0.29, 0.717) is 25.2 Å². The number of aliphatic carboxylic acids is 1. The first-order valence-electron chi connectivity index (χ1n) is 29.6. The van der Waals surface area contributed by atoms with Crippen molar-refractivity contribution in [3.8, 4) is 11.5 Å². The third-order valence-electron chi connectivity index (χ3n) is 16.1. The number of fused-ring (bicyclic) bond motifs is 9. The van der Waals surface area contributed by atoms with Gasteiger partial charge in [-0.3, -0.25) is 9.89 Å². The van der Waals surface area contributed by atoms with E-state index < -0.39 is 12.1 Å². The first-order valence-corrected chi connectivity index (χ1v) is 29.6. The van der Waals surface area contributed by atoms with Crippen molar-refractivity contribution >= 4 is 45.4 Å². The maximum absolute atomic E-state index is 10.6. The van der Waals surface area contributed by atoms with E-state index in [4.69, 9.17) is 30.1 Å². The molecule has 6 aromatic heterocycles. The number of halogens is 3. The third kappa shape index (κ3) is 16.5. The number of aldehydes is 1. The van der Waals surface area contributed by atoms with E-state index in [-0.39, 0.29) is 6.04 Å². The fraction of sp³-hybridized carbons (Fsp3) is 0.275. The number of carbonyl (C=O) groups excluding carboxylic acids is 1. The summed E-state index contributed by atoms with van der Waals surface area (Å²) in [6.07, 6.45) is 17.1. The molecule has 3 aliphatic rings. The molecule has 0 bridgehead atoms. The molecule has 6 N–H and O–H groups in total. The fourth-order valence-corrected chi connectivity index (χ4v) is 11.4. The van der Waals surface area contributed by atoms with Gasteiger partial charge in [-0.05, 0) is 138 Å². The maximum Gasteiger partial charge on any atom is 0.490 e. The van der Waals surface area contributed by atoms with E-state index in [0.717, 1.165) is 105 Å². The molecule has 3 unspecified atom stereocenters. The van der Waals surface area contributed by atoms with E-state index in [2.05, 4.69) is 132 Å². The molecule has 6 heterocycles. The monoisotopic (exact) mass is 1200 g/mol. The molecular formula is C69H71F3N12O5. The van der Waals surface area contributed by atoms with Crippen molar-refractivity contribution < 1.29 is 37.3 Å². The van der Waals surface area contributed by atoms with Crippen LogP contribution in [0, 0.1) is 0 Å². The molecule has 0 radical (unpaired) electrons. The van der Waals surface area contributed by atoms with Crippen molar-refractivity contribution in [3.05, 3.63) is 238 Å². The average molecular weight is 1210 g/mol. The maximum atomic E-state index is 10.6. The Balaban J connectivity index is 0.000000133. The van der Waals surface area contributed by atoms with Crippen LogP contribution < -0.4 is 25.8 Å². The first kappa shape index (κ1) is 62.4. The molecule has 458 valence electrons. The summed E-state index contributed by atoms with van der Waals surface area (Å²) in [6, 6.07) is 47.7. The van der Waals surface area contributed by atoms with Crippen LogP contribution in [0.2, 0.25) is 0 Å². The van der Waals surface area contributed by atoms with Crippen LogP contribution in [-0.4, -0.2) is 101 Å². The summed E-state index contributed by atoms with van der Waals surface area (Å²) in [5, 5.41) is 34.3. The molecule has 89 heavy (non-hydrogen) atoms. The van der Waals surface area contributed by atoms with Crippen LogP contribution in [0.25, 0.3) is 33.1 Å². The van der Waals surface area contributed by atoms with Gasteiger partial charge in [0.15, 0.2) is 16.9 Å². The lowest BCUT2D eigenvalue weighted by Gasteiger charge is -2.26. The number of carboxylic acids is 1. The zero-order chi connectivity index (χ0) is 62.1. The van der Waals surface area contributed by atoms with Gasteiger partial charge < -0.3 is 30.9 Å². The summed E-state index contributed by atoms with van der Waals surface area (Å²) in [5.41, 5.74) is 22.9. The predicted molar refractivity (Wildman–Crippen MR) is 337 cm³/mol. The third-order valence-corrected chi connectivity index (χ3v) is 16.1. The number of benzene rings is 5. The molecule has 0 fully saturated rings. The number of nitrogens with zero attached hydrogens (tertiary/aromatic N) is 8. The molecule has 5 aromatic carbocycles. The Kier molecular flexibility index (Phi) is 20.9. The summed E-state index contributed by atoms with van der Waals surface area (Å²) in [7, 11) is 3.36. The number of pyridine rings is 3. The highest BCUT2D eigenvalue weighted by Crippen LogP contribution is 2.31. The molecule has 20 heteroatoms. The molecule has 0 amide bonds. The summed E-state index contributed by atoms with van der Waals surface area (Å²) >= 11 is 0. The Bertz CT molecular complexity index is 4070. The number of hydrogen-bond acceptors (Lipinski definition) is 13. The number of alkyl halides is 3. The van der Waals surface area contributed by atoms with Gasteiger partial charge in [0, 0.05) is 71.5 Å². The van der Waals surface area contributed by atoms with Gasteiger partial charge in [-0.1, -0.05) is 115 Å². The number of carboxylic acid groups (broad SMARTS) is 1. The van der Waals surface area contributed by atoms with Gasteiger partial charge in [-0.15, -0.1) is 0 Å². The fourth-order valence-electron chi connectivity index (χ4n) is 11.4. The van der Waals surface area contributed by atoms with Crippen molar-refractivity contribution in [1.82, 2.24) is 55.3 Å². The van der Waals surface area contributed by atoms with Crippen molar-refractivity contribution in [3.63, 3.8) is 0 Å². The Hall–Kier alpha value is -9.63. The van der Waals surface area contributed by atoms with Gasteiger partial charge in [0.1, 0.15) is 17.8 Å². The van der Waals surface area contributed by atoms with Crippen LogP contribution in [0.5, 0.6) is 11.5 Å². The molecule has 3 atom stereocenters. The zero-order valence-corrected chi connectivity index (χ0v) is 49.6. The quantitative estimate of drug-likeness (QED) is 0.0677. The molecule has 14 rings (SSSR count). The lowest BCUT2D eigenvalue weighted by molar-refractivity contribution is -0.192. The second kappa shape index (κ2) is 29.8. The molecule has 0 saturated heterocycles. The summed E-state index contributed by atoms with van der Waals surface area (Å²) in [4.78, 5) is 32.8. The van der Waals surface area contributed by atoms with Crippen LogP contribution in [0.3, 0.4) is 0 Å². The number of hydrogen-bond donors (Lipinski definition) is 5. The predicted octanol–water partition coefficient (Wildman–Crippen LogP) is 11.2. The zero-order valence-electron chi connectivity index (χ0n) is 49.6. The van der Waals surface area contributed by atoms with Crippen LogP contribution in [0.1, 0.15) is 85.3 Å². The highest BCUT2D eigenvalue weighted by Gasteiger charge is 2.38. The van der Waals surface area contributed by atoms with Gasteiger partial charge in [-0.2, -0.15) is 28.5 Å². The molecule has 0 spiro atoms. The Morgan fingerprint density at radius 2 is 1.01 bits per heavy atom. The molecule has 17 nitrogen and oxygen atoms in total. The number of carbonyl (C=O) groups is 2. The minimum absolute atomic E-state index is 0.260. The normalized spacial score (nSPS) is 15.6. The highest BCUT2D eigenvalue weighted by molar-refractivity contribution is 5.82. The number of aromatic nitrogens is 9. The number of aryl methyl sites for hydroxylation is 3. The van der Waals surface area contributed by atoms with Gasteiger partial charge in [0.05, 0.1) is 45.9 Å². The largest absolute Gasteiger partial charge is 0.497 e. The molecule has 0 aliphatic heterocycles. The minimum Gasteiger partial charge on any atom is -0.497 e.